The Morgan fingerprint density at radius 2 is 2.29 bits per heavy atom. The number of hydrogen-bond acceptors (Lipinski definition) is 5. The van der Waals surface area contributed by atoms with Crippen LogP contribution in [0, 0.1) is 0 Å². The minimum absolute atomic E-state index is 0.0162. The molecule has 0 fully saturated rings. The van der Waals surface area contributed by atoms with E-state index in [9.17, 15) is 4.79 Å². The molecule has 0 aliphatic rings. The lowest BCUT2D eigenvalue weighted by atomic mass is 10.1. The Kier molecular flexibility index (Phi) is 5.55. The van der Waals surface area contributed by atoms with Crippen LogP contribution in [-0.2, 0) is 16.1 Å². The van der Waals surface area contributed by atoms with Gasteiger partial charge in [-0.2, -0.15) is 0 Å². The molecule has 0 radical (unpaired) electrons. The fourth-order valence-electron chi connectivity index (χ4n) is 1.50. The van der Waals surface area contributed by atoms with Crippen LogP contribution in [0.5, 0.6) is 0 Å². The quantitative estimate of drug-likeness (QED) is 0.684. The molecule has 1 unspecified atom stereocenters. The van der Waals surface area contributed by atoms with E-state index in [-0.39, 0.29) is 12.5 Å². The van der Waals surface area contributed by atoms with Gasteiger partial charge in [-0.25, -0.2) is 4.68 Å². The van der Waals surface area contributed by atoms with Gasteiger partial charge in [-0.15, -0.1) is 5.10 Å². The summed E-state index contributed by atoms with van der Waals surface area (Å²) in [7, 11) is 0. The van der Waals surface area contributed by atoms with Crippen LogP contribution in [0.25, 0.3) is 0 Å². The number of hydrogen-bond donors (Lipinski definition) is 1. The monoisotopic (exact) mass is 242 g/mol. The lowest BCUT2D eigenvalue weighted by Gasteiger charge is -2.14. The van der Waals surface area contributed by atoms with Crippen molar-refractivity contribution in [3.8, 4) is 0 Å². The molecular weight excluding hydrogens is 224 g/mol. The third kappa shape index (κ3) is 4.10. The van der Waals surface area contributed by atoms with Crippen LogP contribution >= 0.6 is 0 Å². The molecule has 0 saturated heterocycles. The molecule has 1 N–H and O–H groups in total. The highest BCUT2D eigenvalue weighted by molar-refractivity contribution is 5.67. The van der Waals surface area contributed by atoms with Crippen LogP contribution in [0.1, 0.15) is 45.0 Å². The molecule has 1 rings (SSSR count). The molecule has 96 valence electrons. The summed E-state index contributed by atoms with van der Waals surface area (Å²) in [4.78, 5) is 10.7. The van der Waals surface area contributed by atoms with Crippen LogP contribution in [0.2, 0.25) is 0 Å². The van der Waals surface area contributed by atoms with Gasteiger partial charge in [0.15, 0.2) is 5.82 Å². The summed E-state index contributed by atoms with van der Waals surface area (Å²) in [6.07, 6.45) is 1.61. The standard InChI is InChI=1S/C10H18N4O3/c1-3-5-17-7-9-11-12-13-14(9)8(4-2)6-10(15)16/h8H,3-7H2,1-2H3,(H,15,16). The van der Waals surface area contributed by atoms with Crippen molar-refractivity contribution in [3.05, 3.63) is 5.82 Å². The molecular formula is C10H18N4O3. The van der Waals surface area contributed by atoms with E-state index in [1.54, 1.807) is 4.68 Å². The van der Waals surface area contributed by atoms with E-state index in [2.05, 4.69) is 15.5 Å². The normalized spacial score (nSPS) is 12.6. The molecule has 1 heterocycles. The second kappa shape index (κ2) is 6.95. The second-order valence-electron chi connectivity index (χ2n) is 3.75. The minimum atomic E-state index is -0.854. The van der Waals surface area contributed by atoms with Gasteiger partial charge in [0.2, 0.25) is 0 Å². The summed E-state index contributed by atoms with van der Waals surface area (Å²) < 4.78 is 6.90. The third-order valence-electron chi connectivity index (χ3n) is 2.37. The summed E-state index contributed by atoms with van der Waals surface area (Å²) in [6, 6.07) is -0.220. The average molecular weight is 242 g/mol. The molecule has 17 heavy (non-hydrogen) atoms. The molecule has 0 aliphatic carbocycles. The average Bonchev–Trinajstić information content (AvgIpc) is 2.74. The summed E-state index contributed by atoms with van der Waals surface area (Å²) in [5.74, 6) is -0.278. The van der Waals surface area contributed by atoms with Crippen molar-refractivity contribution in [2.45, 2.75) is 45.8 Å². The highest BCUT2D eigenvalue weighted by Crippen LogP contribution is 2.16. The molecule has 0 spiro atoms. The molecule has 1 atom stereocenters. The second-order valence-corrected chi connectivity index (χ2v) is 3.75. The van der Waals surface area contributed by atoms with Crippen LogP contribution in [-0.4, -0.2) is 37.9 Å². The van der Waals surface area contributed by atoms with Gasteiger partial charge in [0.25, 0.3) is 0 Å². The Labute approximate surface area is 99.8 Å². The van der Waals surface area contributed by atoms with Crippen molar-refractivity contribution >= 4 is 5.97 Å². The van der Waals surface area contributed by atoms with E-state index in [1.807, 2.05) is 13.8 Å². The topological polar surface area (TPSA) is 90.1 Å². The van der Waals surface area contributed by atoms with Crippen molar-refractivity contribution in [2.24, 2.45) is 0 Å². The molecule has 0 aromatic carbocycles. The Balaban J connectivity index is 2.67. The van der Waals surface area contributed by atoms with Gasteiger partial charge < -0.3 is 9.84 Å². The molecule has 1 aromatic heterocycles. The molecule has 0 saturated carbocycles. The summed E-state index contributed by atoms with van der Waals surface area (Å²) in [6.45, 7) is 4.88. The predicted molar refractivity (Wildman–Crippen MR) is 59.3 cm³/mol. The number of nitrogens with zero attached hydrogens (tertiary/aromatic N) is 4. The number of carbonyl (C=O) groups is 1. The van der Waals surface area contributed by atoms with Crippen molar-refractivity contribution in [3.63, 3.8) is 0 Å². The molecule has 7 nitrogen and oxygen atoms in total. The zero-order valence-electron chi connectivity index (χ0n) is 10.2. The van der Waals surface area contributed by atoms with Gasteiger partial charge in [-0.3, -0.25) is 4.79 Å². The number of rotatable bonds is 8. The minimum Gasteiger partial charge on any atom is -0.481 e. The van der Waals surface area contributed by atoms with Crippen molar-refractivity contribution < 1.29 is 14.6 Å². The number of aromatic nitrogens is 4. The lowest BCUT2D eigenvalue weighted by Crippen LogP contribution is -2.17. The van der Waals surface area contributed by atoms with Gasteiger partial charge in [0, 0.05) is 6.61 Å². The number of ether oxygens (including phenoxy) is 1. The van der Waals surface area contributed by atoms with E-state index in [0.717, 1.165) is 6.42 Å². The third-order valence-corrected chi connectivity index (χ3v) is 2.37. The van der Waals surface area contributed by atoms with E-state index in [0.29, 0.717) is 25.5 Å². The van der Waals surface area contributed by atoms with Gasteiger partial charge >= 0.3 is 5.97 Å². The maximum Gasteiger partial charge on any atom is 0.305 e. The highest BCUT2D eigenvalue weighted by Gasteiger charge is 2.18. The van der Waals surface area contributed by atoms with Crippen molar-refractivity contribution in [2.75, 3.05) is 6.61 Å². The van der Waals surface area contributed by atoms with Crippen molar-refractivity contribution in [1.82, 2.24) is 20.2 Å². The summed E-state index contributed by atoms with van der Waals surface area (Å²) in [5, 5.41) is 20.1. The van der Waals surface area contributed by atoms with E-state index < -0.39 is 5.97 Å². The van der Waals surface area contributed by atoms with Gasteiger partial charge in [0.05, 0.1) is 12.5 Å². The maximum absolute atomic E-state index is 10.7. The van der Waals surface area contributed by atoms with Crippen LogP contribution in [0.4, 0.5) is 0 Å². The van der Waals surface area contributed by atoms with Crippen molar-refractivity contribution in [1.29, 1.82) is 0 Å². The Bertz CT molecular complexity index is 353. The first-order valence-electron chi connectivity index (χ1n) is 5.75. The molecule has 0 amide bonds. The fraction of sp³-hybridized carbons (Fsp3) is 0.800. The zero-order chi connectivity index (χ0) is 12.7. The summed E-state index contributed by atoms with van der Waals surface area (Å²) in [5.41, 5.74) is 0. The lowest BCUT2D eigenvalue weighted by molar-refractivity contribution is -0.138. The van der Waals surface area contributed by atoms with Crippen LogP contribution in [0.15, 0.2) is 0 Å². The number of carboxylic acid groups (broad SMARTS) is 1. The van der Waals surface area contributed by atoms with Gasteiger partial charge in [-0.05, 0) is 23.3 Å². The first-order chi connectivity index (χ1) is 8.19. The smallest absolute Gasteiger partial charge is 0.305 e. The first-order valence-corrected chi connectivity index (χ1v) is 5.75. The number of tetrazole rings is 1. The Morgan fingerprint density at radius 3 is 2.88 bits per heavy atom. The largest absolute Gasteiger partial charge is 0.481 e. The molecule has 7 heteroatoms. The van der Waals surface area contributed by atoms with E-state index in [4.69, 9.17) is 9.84 Å². The summed E-state index contributed by atoms with van der Waals surface area (Å²) >= 11 is 0. The molecule has 0 bridgehead atoms. The molecule has 0 aliphatic heterocycles. The van der Waals surface area contributed by atoms with Crippen LogP contribution in [0.3, 0.4) is 0 Å². The van der Waals surface area contributed by atoms with E-state index >= 15 is 0 Å². The Hall–Kier alpha value is -1.50. The number of carboxylic acids is 1. The van der Waals surface area contributed by atoms with Crippen LogP contribution < -0.4 is 0 Å². The highest BCUT2D eigenvalue weighted by atomic mass is 16.5. The van der Waals surface area contributed by atoms with E-state index in [1.165, 1.54) is 0 Å². The zero-order valence-corrected chi connectivity index (χ0v) is 10.2. The first kappa shape index (κ1) is 13.6. The molecule has 1 aromatic rings. The maximum atomic E-state index is 10.7. The van der Waals surface area contributed by atoms with Gasteiger partial charge in [-0.1, -0.05) is 13.8 Å². The predicted octanol–water partition coefficient (Wildman–Crippen LogP) is 1.03. The van der Waals surface area contributed by atoms with Gasteiger partial charge in [0.1, 0.15) is 6.61 Å². The number of aliphatic carboxylic acids is 1. The Morgan fingerprint density at radius 1 is 1.53 bits per heavy atom. The fourth-order valence-corrected chi connectivity index (χ4v) is 1.50. The SMILES string of the molecule is CCCOCc1nnnn1C(CC)CC(=O)O.